The van der Waals surface area contributed by atoms with Crippen molar-refractivity contribution in [3.8, 4) is 33.4 Å². The quantitative estimate of drug-likeness (QED) is 0.142. The van der Waals surface area contributed by atoms with Gasteiger partial charge in [-0.3, -0.25) is 0 Å². The van der Waals surface area contributed by atoms with Gasteiger partial charge < -0.3 is 14.2 Å². The summed E-state index contributed by atoms with van der Waals surface area (Å²) in [5.74, 6) is 0. The molecule has 0 saturated carbocycles. The molecule has 0 atom stereocenters. The second kappa shape index (κ2) is 15.7. The fraction of sp³-hybridized carbons (Fsp3) is 0. The van der Waals surface area contributed by atoms with E-state index in [9.17, 15) is 0 Å². The maximum Gasteiger partial charge on any atom is 0.137 e. The summed E-state index contributed by atoms with van der Waals surface area (Å²) in [4.78, 5) is 7.25. The molecular weight excluding hydrogens is 821 g/mol. The highest BCUT2D eigenvalue weighted by atomic mass is 32.2. The predicted octanol–water partition coefficient (Wildman–Crippen LogP) is 18.3. The van der Waals surface area contributed by atoms with Crippen LogP contribution in [-0.4, -0.2) is 0 Å². The molecule has 0 saturated heterocycles. The van der Waals surface area contributed by atoms with E-state index < -0.39 is 0 Å². The van der Waals surface area contributed by atoms with E-state index in [-0.39, 0.29) is 0 Å². The zero-order valence-electron chi connectivity index (χ0n) is 35.8. The number of hydrogen-bond donors (Lipinski definition) is 0. The number of hydrogen-bond acceptors (Lipinski definition) is 4. The van der Waals surface area contributed by atoms with Crippen molar-refractivity contribution in [3.05, 3.63) is 243 Å². The molecule has 1 aliphatic heterocycles. The fourth-order valence-corrected chi connectivity index (χ4v) is 11.3. The van der Waals surface area contributed by atoms with Gasteiger partial charge in [-0.1, -0.05) is 169 Å². The van der Waals surface area contributed by atoms with Crippen LogP contribution in [0.3, 0.4) is 0 Å². The van der Waals surface area contributed by atoms with E-state index in [1.807, 2.05) is 23.9 Å². The molecular formula is C62H40N2OS. The van der Waals surface area contributed by atoms with E-state index >= 15 is 0 Å². The van der Waals surface area contributed by atoms with E-state index in [2.05, 4.69) is 240 Å². The standard InChI is InChI=1S/C62H40N2OS/c1-5-18-41(19-6-1)48-26-13-15-29-55(48)64(46-32-35-50-49-27-14-16-30-56(49)65-57(50)39-46)45-33-36-52-54(38-45)51-28-17-31-58-61(51)62(60(52)42-20-7-2-8-21-42)53-37-34-47(40-59(53)66-58)63(43-22-9-3-10-23-43)44-24-11-4-12-25-44/h1-40H. The molecule has 0 amide bonds. The van der Waals surface area contributed by atoms with Gasteiger partial charge in [0.25, 0.3) is 0 Å². The highest BCUT2D eigenvalue weighted by Gasteiger charge is 2.28. The average molecular weight is 861 g/mol. The minimum Gasteiger partial charge on any atom is -0.456 e. The lowest BCUT2D eigenvalue weighted by molar-refractivity contribution is 0.669. The Labute approximate surface area is 387 Å². The zero-order chi connectivity index (χ0) is 43.6. The van der Waals surface area contributed by atoms with Crippen molar-refractivity contribution >= 4 is 89.4 Å². The Hall–Kier alpha value is -8.31. The molecule has 4 heteroatoms. The lowest BCUT2D eigenvalue weighted by Gasteiger charge is -2.30. The first-order chi connectivity index (χ1) is 32.7. The third-order valence-corrected chi connectivity index (χ3v) is 14.1. The second-order valence-corrected chi connectivity index (χ2v) is 17.9. The first kappa shape index (κ1) is 38.2. The molecule has 0 unspecified atom stereocenters. The van der Waals surface area contributed by atoms with Crippen molar-refractivity contribution in [3.63, 3.8) is 0 Å². The third-order valence-electron chi connectivity index (χ3n) is 13.0. The number of anilines is 6. The van der Waals surface area contributed by atoms with E-state index in [1.54, 1.807) is 0 Å². The van der Waals surface area contributed by atoms with Gasteiger partial charge in [-0.25, -0.2) is 0 Å². The van der Waals surface area contributed by atoms with Gasteiger partial charge in [0.2, 0.25) is 0 Å². The third kappa shape index (κ3) is 6.29. The van der Waals surface area contributed by atoms with Crippen LogP contribution in [-0.2, 0) is 0 Å². The minimum atomic E-state index is 0.861. The molecule has 11 aromatic carbocycles. The summed E-state index contributed by atoms with van der Waals surface area (Å²) >= 11 is 1.87. The Bertz CT molecular complexity index is 3750. The molecule has 0 N–H and O–H groups in total. The van der Waals surface area contributed by atoms with Crippen LogP contribution in [0.4, 0.5) is 34.1 Å². The van der Waals surface area contributed by atoms with Gasteiger partial charge in [0.15, 0.2) is 0 Å². The molecule has 0 spiro atoms. The topological polar surface area (TPSA) is 19.6 Å². The van der Waals surface area contributed by atoms with Crippen LogP contribution in [0.15, 0.2) is 257 Å². The van der Waals surface area contributed by atoms with Crippen LogP contribution in [0.1, 0.15) is 0 Å². The Balaban J connectivity index is 1.05. The fourth-order valence-electron chi connectivity index (χ4n) is 10.1. The molecule has 310 valence electrons. The molecule has 1 aromatic heterocycles. The maximum absolute atomic E-state index is 6.53. The van der Waals surface area contributed by atoms with Crippen LogP contribution >= 0.6 is 11.8 Å². The van der Waals surface area contributed by atoms with Crippen molar-refractivity contribution in [1.29, 1.82) is 0 Å². The van der Waals surface area contributed by atoms with Gasteiger partial charge >= 0.3 is 0 Å². The molecule has 0 fully saturated rings. The van der Waals surface area contributed by atoms with Gasteiger partial charge in [0, 0.05) is 71.6 Å². The Morgan fingerprint density at radius 2 is 0.879 bits per heavy atom. The van der Waals surface area contributed by atoms with E-state index in [1.165, 1.54) is 53.6 Å². The summed E-state index contributed by atoms with van der Waals surface area (Å²) in [7, 11) is 0. The number of nitrogens with zero attached hydrogens (tertiary/aromatic N) is 2. The number of furan rings is 1. The Morgan fingerprint density at radius 1 is 0.303 bits per heavy atom. The molecule has 3 nitrogen and oxygen atoms in total. The number of para-hydroxylation sites is 4. The molecule has 12 aromatic rings. The van der Waals surface area contributed by atoms with Crippen LogP contribution in [0.2, 0.25) is 0 Å². The highest BCUT2D eigenvalue weighted by Crippen LogP contribution is 2.56. The van der Waals surface area contributed by atoms with Gasteiger partial charge in [-0.15, -0.1) is 0 Å². The largest absolute Gasteiger partial charge is 0.456 e. The number of benzene rings is 11. The van der Waals surface area contributed by atoms with Crippen LogP contribution in [0, 0.1) is 0 Å². The highest BCUT2D eigenvalue weighted by molar-refractivity contribution is 7.99. The van der Waals surface area contributed by atoms with E-state index in [4.69, 9.17) is 4.42 Å². The van der Waals surface area contributed by atoms with Gasteiger partial charge in [-0.2, -0.15) is 0 Å². The lowest BCUT2D eigenvalue weighted by atomic mass is 9.84. The molecule has 0 radical (unpaired) electrons. The predicted molar refractivity (Wildman–Crippen MR) is 279 cm³/mol. The zero-order valence-corrected chi connectivity index (χ0v) is 36.6. The van der Waals surface area contributed by atoms with Crippen LogP contribution in [0.25, 0.3) is 76.9 Å². The van der Waals surface area contributed by atoms with Crippen molar-refractivity contribution in [1.82, 2.24) is 0 Å². The first-order valence-corrected chi connectivity index (χ1v) is 23.2. The SMILES string of the molecule is c1ccc(-c2ccccc2N(c2ccc3c(c2)oc2ccccc23)c2ccc3c(-c4ccccc4)c4c5c(cccc5c3c2)Sc2cc(N(c3ccccc3)c3ccccc3)ccc2-4)cc1. The normalized spacial score (nSPS) is 11.9. The summed E-state index contributed by atoms with van der Waals surface area (Å²) in [5.41, 5.74) is 15.6. The van der Waals surface area contributed by atoms with E-state index in [0.29, 0.717) is 0 Å². The monoisotopic (exact) mass is 860 g/mol. The molecule has 66 heavy (non-hydrogen) atoms. The molecule has 1 aliphatic rings. The maximum atomic E-state index is 6.53. The lowest BCUT2D eigenvalue weighted by Crippen LogP contribution is -2.11. The van der Waals surface area contributed by atoms with Crippen molar-refractivity contribution in [2.75, 3.05) is 9.80 Å². The summed E-state index contributed by atoms with van der Waals surface area (Å²) < 4.78 is 6.53. The molecule has 13 rings (SSSR count). The van der Waals surface area contributed by atoms with Crippen LogP contribution < -0.4 is 9.80 Å². The van der Waals surface area contributed by atoms with Crippen molar-refractivity contribution in [2.24, 2.45) is 0 Å². The first-order valence-electron chi connectivity index (χ1n) is 22.4. The Morgan fingerprint density at radius 3 is 1.64 bits per heavy atom. The number of rotatable bonds is 8. The molecule has 2 heterocycles. The summed E-state index contributed by atoms with van der Waals surface area (Å²) in [6.45, 7) is 0. The van der Waals surface area contributed by atoms with Gasteiger partial charge in [0.05, 0.1) is 5.69 Å². The Kier molecular flexibility index (Phi) is 9.10. The van der Waals surface area contributed by atoms with Crippen LogP contribution in [0.5, 0.6) is 0 Å². The van der Waals surface area contributed by atoms with Crippen molar-refractivity contribution in [2.45, 2.75) is 9.79 Å². The summed E-state index contributed by atoms with van der Waals surface area (Å²) in [5, 5.41) is 7.17. The average Bonchev–Trinajstić information content (AvgIpc) is 3.76. The van der Waals surface area contributed by atoms with Crippen molar-refractivity contribution < 1.29 is 4.42 Å². The van der Waals surface area contributed by atoms with Gasteiger partial charge in [0.1, 0.15) is 11.2 Å². The van der Waals surface area contributed by atoms with Gasteiger partial charge in [-0.05, 0) is 117 Å². The summed E-state index contributed by atoms with van der Waals surface area (Å²) in [6.07, 6.45) is 0. The smallest absolute Gasteiger partial charge is 0.137 e. The molecule has 0 bridgehead atoms. The minimum absolute atomic E-state index is 0.861. The van der Waals surface area contributed by atoms with E-state index in [0.717, 1.165) is 67.2 Å². The summed E-state index contributed by atoms with van der Waals surface area (Å²) in [6, 6.07) is 87.6. The second-order valence-electron chi connectivity index (χ2n) is 16.8. The number of fused-ring (bicyclic) bond motifs is 7. The molecule has 0 aliphatic carbocycles.